The lowest BCUT2D eigenvalue weighted by atomic mass is 10.2. The van der Waals surface area contributed by atoms with E-state index in [1.807, 2.05) is 24.3 Å². The molecule has 21 heavy (non-hydrogen) atoms. The Balaban J connectivity index is 2.19. The minimum atomic E-state index is -0.380. The lowest BCUT2D eigenvalue weighted by Gasteiger charge is -2.00. The molecule has 2 aromatic carbocycles. The molecule has 3 aromatic rings. The van der Waals surface area contributed by atoms with Gasteiger partial charge in [0.15, 0.2) is 0 Å². The molecule has 1 aromatic heterocycles. The maximum absolute atomic E-state index is 11.7. The summed E-state index contributed by atoms with van der Waals surface area (Å²) in [6.07, 6.45) is 0. The quantitative estimate of drug-likeness (QED) is 0.632. The summed E-state index contributed by atoms with van der Waals surface area (Å²) in [5, 5.41) is 0. The fourth-order valence-electron chi connectivity index (χ4n) is 2.09. The van der Waals surface area contributed by atoms with Crippen LogP contribution in [-0.4, -0.2) is 23.0 Å². The number of nitrogens with one attached hydrogen (secondary N) is 1. The Hall–Kier alpha value is -1.66. The van der Waals surface area contributed by atoms with Crippen LogP contribution in [0.1, 0.15) is 10.4 Å². The standard InChI is InChI=1S/C15H10Br2N2O2/c1-21-15(20)8-6-11(17)13-12(7-8)18-14(19-13)9-4-2-3-5-10(9)16/h2-7H,1H3,(H,18,19). The van der Waals surface area contributed by atoms with E-state index in [0.29, 0.717) is 5.56 Å². The lowest BCUT2D eigenvalue weighted by Crippen LogP contribution is -2.00. The number of aromatic amines is 1. The molecule has 0 aliphatic carbocycles. The number of halogens is 2. The molecule has 4 nitrogen and oxygen atoms in total. The number of hydrogen-bond donors (Lipinski definition) is 1. The fourth-order valence-corrected chi connectivity index (χ4v) is 3.11. The largest absolute Gasteiger partial charge is 0.465 e. The van der Waals surface area contributed by atoms with Crippen LogP contribution < -0.4 is 0 Å². The molecule has 0 saturated heterocycles. The molecule has 0 spiro atoms. The number of benzene rings is 2. The van der Waals surface area contributed by atoms with Crippen LogP contribution in [0.3, 0.4) is 0 Å². The lowest BCUT2D eigenvalue weighted by molar-refractivity contribution is 0.0601. The number of hydrogen-bond acceptors (Lipinski definition) is 3. The van der Waals surface area contributed by atoms with Gasteiger partial charge >= 0.3 is 5.97 Å². The SMILES string of the molecule is COC(=O)c1cc(Br)c2nc(-c3ccccc3Br)[nH]c2c1. The van der Waals surface area contributed by atoms with Gasteiger partial charge in [0.2, 0.25) is 0 Å². The van der Waals surface area contributed by atoms with E-state index < -0.39 is 0 Å². The molecular weight excluding hydrogens is 400 g/mol. The van der Waals surface area contributed by atoms with Crippen molar-refractivity contribution in [2.75, 3.05) is 7.11 Å². The summed E-state index contributed by atoms with van der Waals surface area (Å²) < 4.78 is 6.45. The number of methoxy groups -OCH3 is 1. The van der Waals surface area contributed by atoms with Crippen molar-refractivity contribution >= 4 is 48.9 Å². The number of fused-ring (bicyclic) bond motifs is 1. The van der Waals surface area contributed by atoms with Gasteiger partial charge in [0.25, 0.3) is 0 Å². The van der Waals surface area contributed by atoms with Crippen LogP contribution in [0.4, 0.5) is 0 Å². The summed E-state index contributed by atoms with van der Waals surface area (Å²) >= 11 is 6.96. The van der Waals surface area contributed by atoms with Crippen LogP contribution in [0, 0.1) is 0 Å². The van der Waals surface area contributed by atoms with E-state index >= 15 is 0 Å². The van der Waals surface area contributed by atoms with Gasteiger partial charge in [0.05, 0.1) is 18.2 Å². The third-order valence-corrected chi connectivity index (χ3v) is 4.39. The highest BCUT2D eigenvalue weighted by molar-refractivity contribution is 9.11. The van der Waals surface area contributed by atoms with Crippen molar-refractivity contribution in [3.05, 3.63) is 50.9 Å². The van der Waals surface area contributed by atoms with Crippen LogP contribution in [-0.2, 0) is 4.74 Å². The summed E-state index contributed by atoms with van der Waals surface area (Å²) in [6.45, 7) is 0. The zero-order valence-electron chi connectivity index (χ0n) is 11.0. The van der Waals surface area contributed by atoms with Gasteiger partial charge in [-0.1, -0.05) is 34.1 Å². The van der Waals surface area contributed by atoms with Crippen molar-refractivity contribution in [2.24, 2.45) is 0 Å². The van der Waals surface area contributed by atoms with Gasteiger partial charge in [-0.05, 0) is 34.1 Å². The van der Waals surface area contributed by atoms with E-state index in [2.05, 4.69) is 41.8 Å². The highest BCUT2D eigenvalue weighted by Crippen LogP contribution is 2.31. The third kappa shape index (κ3) is 2.61. The second-order valence-corrected chi connectivity index (χ2v) is 6.12. The molecule has 0 atom stereocenters. The van der Waals surface area contributed by atoms with E-state index in [4.69, 9.17) is 4.74 Å². The molecule has 1 N–H and O–H groups in total. The van der Waals surface area contributed by atoms with Crippen molar-refractivity contribution in [1.29, 1.82) is 0 Å². The second-order valence-electron chi connectivity index (χ2n) is 4.41. The first-order valence-electron chi connectivity index (χ1n) is 6.12. The molecule has 1 heterocycles. The predicted octanol–water partition coefficient (Wildman–Crippen LogP) is 4.54. The first-order valence-corrected chi connectivity index (χ1v) is 7.71. The van der Waals surface area contributed by atoms with Crippen LogP contribution in [0.25, 0.3) is 22.4 Å². The Bertz CT molecular complexity index is 843. The Morgan fingerprint density at radius 1 is 1.19 bits per heavy atom. The number of rotatable bonds is 2. The van der Waals surface area contributed by atoms with Crippen molar-refractivity contribution in [3.63, 3.8) is 0 Å². The van der Waals surface area contributed by atoms with Gasteiger partial charge in [0.1, 0.15) is 11.3 Å². The highest BCUT2D eigenvalue weighted by Gasteiger charge is 2.14. The fraction of sp³-hybridized carbons (Fsp3) is 0.0667. The smallest absolute Gasteiger partial charge is 0.337 e. The minimum Gasteiger partial charge on any atom is -0.465 e. The van der Waals surface area contributed by atoms with Gasteiger partial charge in [-0.3, -0.25) is 0 Å². The number of imidazole rings is 1. The van der Waals surface area contributed by atoms with E-state index in [1.165, 1.54) is 7.11 Å². The number of carbonyl (C=O) groups is 1. The Labute approximate surface area is 137 Å². The van der Waals surface area contributed by atoms with E-state index in [-0.39, 0.29) is 5.97 Å². The Morgan fingerprint density at radius 2 is 1.95 bits per heavy atom. The van der Waals surface area contributed by atoms with E-state index in [1.54, 1.807) is 12.1 Å². The summed E-state index contributed by atoms with van der Waals surface area (Å²) in [7, 11) is 1.36. The molecule has 0 radical (unpaired) electrons. The molecule has 106 valence electrons. The molecule has 0 bridgehead atoms. The maximum Gasteiger partial charge on any atom is 0.337 e. The molecule has 0 amide bonds. The number of H-pyrrole nitrogens is 1. The highest BCUT2D eigenvalue weighted by atomic mass is 79.9. The summed E-state index contributed by atoms with van der Waals surface area (Å²) in [5.41, 5.74) is 2.98. The predicted molar refractivity (Wildman–Crippen MR) is 88.3 cm³/mol. The van der Waals surface area contributed by atoms with Crippen LogP contribution >= 0.6 is 31.9 Å². The summed E-state index contributed by atoms with van der Waals surface area (Å²) in [6, 6.07) is 11.3. The average molecular weight is 410 g/mol. The molecule has 3 rings (SSSR count). The van der Waals surface area contributed by atoms with Crippen LogP contribution in [0.5, 0.6) is 0 Å². The zero-order chi connectivity index (χ0) is 15.0. The van der Waals surface area contributed by atoms with Crippen molar-refractivity contribution < 1.29 is 9.53 Å². The number of nitrogens with zero attached hydrogens (tertiary/aromatic N) is 1. The minimum absolute atomic E-state index is 0.380. The Morgan fingerprint density at radius 3 is 2.67 bits per heavy atom. The molecule has 0 fully saturated rings. The van der Waals surface area contributed by atoms with Crippen molar-refractivity contribution in [2.45, 2.75) is 0 Å². The third-order valence-electron chi connectivity index (χ3n) is 3.09. The first kappa shape index (κ1) is 14.3. The molecular formula is C15H10Br2N2O2. The van der Waals surface area contributed by atoms with E-state index in [0.717, 1.165) is 31.4 Å². The summed E-state index contributed by atoms with van der Waals surface area (Å²) in [4.78, 5) is 19.5. The number of carbonyl (C=O) groups excluding carboxylic acids is 1. The monoisotopic (exact) mass is 408 g/mol. The summed E-state index contributed by atoms with van der Waals surface area (Å²) in [5.74, 6) is 0.356. The molecule has 0 saturated carbocycles. The molecule has 0 aliphatic heterocycles. The zero-order valence-corrected chi connectivity index (χ0v) is 14.2. The Kier molecular flexibility index (Phi) is 3.82. The van der Waals surface area contributed by atoms with Crippen molar-refractivity contribution in [1.82, 2.24) is 9.97 Å². The molecule has 6 heteroatoms. The first-order chi connectivity index (χ1) is 10.1. The number of ether oxygens (including phenoxy) is 1. The topological polar surface area (TPSA) is 55.0 Å². The van der Waals surface area contributed by atoms with E-state index in [9.17, 15) is 4.79 Å². The van der Waals surface area contributed by atoms with Gasteiger partial charge in [-0.15, -0.1) is 0 Å². The number of aromatic nitrogens is 2. The normalized spacial score (nSPS) is 10.8. The number of esters is 1. The molecule has 0 unspecified atom stereocenters. The molecule has 0 aliphatic rings. The van der Waals surface area contributed by atoms with Crippen LogP contribution in [0.2, 0.25) is 0 Å². The average Bonchev–Trinajstić information content (AvgIpc) is 2.91. The van der Waals surface area contributed by atoms with Gasteiger partial charge < -0.3 is 9.72 Å². The van der Waals surface area contributed by atoms with Gasteiger partial charge in [0, 0.05) is 14.5 Å². The van der Waals surface area contributed by atoms with Gasteiger partial charge in [-0.2, -0.15) is 0 Å². The van der Waals surface area contributed by atoms with Crippen molar-refractivity contribution in [3.8, 4) is 11.4 Å². The maximum atomic E-state index is 11.7. The van der Waals surface area contributed by atoms with Crippen LogP contribution in [0.15, 0.2) is 45.3 Å². The second kappa shape index (κ2) is 5.61. The van der Waals surface area contributed by atoms with Gasteiger partial charge in [-0.25, -0.2) is 9.78 Å².